The monoisotopic (exact) mass is 460 g/mol. The molecule has 1 heterocycles. The van der Waals surface area contributed by atoms with E-state index in [2.05, 4.69) is 13.2 Å². The topological polar surface area (TPSA) is 81.9 Å². The SMILES string of the molecule is C=C/C=C1/OC(CN(N)C(=O)/C(C)=C(/C)C=O)CO/C1=C/C=C\C.C=C/C=C\C.CC.CC. The average molecular weight is 461 g/mol. The van der Waals surface area contributed by atoms with Crippen molar-refractivity contribution in [2.24, 2.45) is 5.84 Å². The van der Waals surface area contributed by atoms with Crippen LogP contribution < -0.4 is 5.84 Å². The van der Waals surface area contributed by atoms with Gasteiger partial charge in [0.15, 0.2) is 17.6 Å². The number of aldehydes is 1. The van der Waals surface area contributed by atoms with Crippen LogP contribution in [0.3, 0.4) is 0 Å². The fraction of sp³-hybridized carbons (Fsp3) is 0.407. The molecule has 0 saturated carbocycles. The summed E-state index contributed by atoms with van der Waals surface area (Å²) in [5.74, 6) is 6.50. The standard InChI is InChI=1S/C18H24N2O4.C5H8.2C2H6/c1-5-7-9-16-17(8-6-2)24-15(12-23-16)10-20(19)18(22)14(4)13(3)11-21;1-3-5-4-2;2*1-2/h5-9,11,15H,2,10,12,19H2,1,3-4H3;3-5H,1H2,2H3;2*1-2H3/b7-5-,14-13-,16-9+,17-8+;5-4-;;. The Morgan fingerprint density at radius 1 is 1.03 bits per heavy atom. The quantitative estimate of drug-likeness (QED) is 0.126. The molecule has 0 bridgehead atoms. The highest BCUT2D eigenvalue weighted by molar-refractivity contribution is 5.97. The molecule has 33 heavy (non-hydrogen) atoms. The van der Waals surface area contributed by atoms with Crippen molar-refractivity contribution < 1.29 is 19.1 Å². The Morgan fingerprint density at radius 2 is 1.61 bits per heavy atom. The van der Waals surface area contributed by atoms with E-state index in [9.17, 15) is 9.59 Å². The first-order valence-electron chi connectivity index (χ1n) is 11.2. The van der Waals surface area contributed by atoms with Gasteiger partial charge < -0.3 is 9.47 Å². The van der Waals surface area contributed by atoms with E-state index in [1.807, 2.05) is 65.8 Å². The van der Waals surface area contributed by atoms with Crippen molar-refractivity contribution in [2.45, 2.75) is 61.5 Å². The lowest BCUT2D eigenvalue weighted by molar-refractivity contribution is -0.130. The minimum absolute atomic E-state index is 0.133. The van der Waals surface area contributed by atoms with Gasteiger partial charge in [0, 0.05) is 5.57 Å². The summed E-state index contributed by atoms with van der Waals surface area (Å²) in [6.07, 6.45) is 14.6. The Labute approximate surface area is 201 Å². The van der Waals surface area contributed by atoms with E-state index in [0.717, 1.165) is 5.01 Å². The Morgan fingerprint density at radius 3 is 2.03 bits per heavy atom. The van der Waals surface area contributed by atoms with Crippen LogP contribution >= 0.6 is 0 Å². The van der Waals surface area contributed by atoms with Crippen LogP contribution in [0.2, 0.25) is 0 Å². The molecule has 1 aliphatic heterocycles. The number of allylic oxidation sites excluding steroid dienone is 9. The zero-order valence-corrected chi connectivity index (χ0v) is 21.8. The minimum Gasteiger partial charge on any atom is -0.486 e. The smallest absolute Gasteiger partial charge is 0.263 e. The van der Waals surface area contributed by atoms with Gasteiger partial charge in [-0.25, -0.2) is 5.84 Å². The second-order valence-corrected chi connectivity index (χ2v) is 6.02. The van der Waals surface area contributed by atoms with Gasteiger partial charge >= 0.3 is 0 Å². The van der Waals surface area contributed by atoms with E-state index in [-0.39, 0.29) is 13.2 Å². The maximum Gasteiger partial charge on any atom is 0.263 e. The first kappa shape index (κ1) is 34.5. The van der Waals surface area contributed by atoms with E-state index in [1.54, 1.807) is 38.2 Å². The van der Waals surface area contributed by atoms with E-state index < -0.39 is 12.0 Å². The van der Waals surface area contributed by atoms with Crippen LogP contribution in [-0.2, 0) is 19.1 Å². The van der Waals surface area contributed by atoms with Crippen LogP contribution in [0.4, 0.5) is 0 Å². The van der Waals surface area contributed by atoms with Gasteiger partial charge in [-0.2, -0.15) is 0 Å². The highest BCUT2D eigenvalue weighted by Crippen LogP contribution is 2.23. The molecule has 1 atom stereocenters. The molecule has 0 aromatic heterocycles. The van der Waals surface area contributed by atoms with Crippen molar-refractivity contribution in [2.75, 3.05) is 13.2 Å². The number of nitrogens with zero attached hydrogens (tertiary/aromatic N) is 1. The molecule has 186 valence electrons. The second kappa shape index (κ2) is 23.5. The van der Waals surface area contributed by atoms with Gasteiger partial charge in [0.1, 0.15) is 12.9 Å². The summed E-state index contributed by atoms with van der Waals surface area (Å²) in [7, 11) is 0. The van der Waals surface area contributed by atoms with Crippen LogP contribution in [0, 0.1) is 0 Å². The summed E-state index contributed by atoms with van der Waals surface area (Å²) < 4.78 is 11.5. The van der Waals surface area contributed by atoms with Gasteiger partial charge in [-0.15, -0.1) is 0 Å². The number of hydrogen-bond acceptors (Lipinski definition) is 5. The number of carbonyl (C=O) groups excluding carboxylic acids is 2. The molecule has 0 aromatic rings. The lowest BCUT2D eigenvalue weighted by Gasteiger charge is -2.31. The third-order valence-corrected chi connectivity index (χ3v) is 3.75. The number of rotatable bonds is 7. The Balaban J connectivity index is -0.000000862. The highest BCUT2D eigenvalue weighted by Gasteiger charge is 2.26. The highest BCUT2D eigenvalue weighted by atomic mass is 16.6. The third kappa shape index (κ3) is 15.3. The molecule has 0 spiro atoms. The summed E-state index contributed by atoms with van der Waals surface area (Å²) in [5.41, 5.74) is 0.653. The van der Waals surface area contributed by atoms with Gasteiger partial charge in [-0.05, 0) is 45.4 Å². The van der Waals surface area contributed by atoms with Crippen LogP contribution in [-0.4, -0.2) is 36.5 Å². The van der Waals surface area contributed by atoms with Gasteiger partial charge in [0.2, 0.25) is 0 Å². The summed E-state index contributed by atoms with van der Waals surface area (Å²) in [4.78, 5) is 22.9. The zero-order chi connectivity index (χ0) is 26.2. The average Bonchev–Trinajstić information content (AvgIpc) is 2.85. The summed E-state index contributed by atoms with van der Waals surface area (Å²) in [5, 5.41) is 1.03. The molecular formula is C27H44N2O4. The lowest BCUT2D eigenvalue weighted by atomic mass is 10.1. The molecule has 1 unspecified atom stereocenters. The third-order valence-electron chi connectivity index (χ3n) is 3.75. The predicted molar refractivity (Wildman–Crippen MR) is 140 cm³/mol. The minimum atomic E-state index is -0.423. The van der Waals surface area contributed by atoms with Crippen molar-refractivity contribution >= 4 is 12.2 Å². The fourth-order valence-electron chi connectivity index (χ4n) is 2.07. The molecule has 1 saturated heterocycles. The van der Waals surface area contributed by atoms with E-state index >= 15 is 0 Å². The molecule has 1 amide bonds. The molecule has 2 N–H and O–H groups in total. The molecule has 6 heteroatoms. The van der Waals surface area contributed by atoms with E-state index in [1.165, 1.54) is 0 Å². The predicted octanol–water partition coefficient (Wildman–Crippen LogP) is 5.97. The second-order valence-electron chi connectivity index (χ2n) is 6.02. The van der Waals surface area contributed by atoms with Crippen molar-refractivity contribution in [1.29, 1.82) is 0 Å². The summed E-state index contributed by atoms with van der Waals surface area (Å²) >= 11 is 0. The van der Waals surface area contributed by atoms with Gasteiger partial charge in [-0.3, -0.25) is 14.6 Å². The van der Waals surface area contributed by atoms with Crippen LogP contribution in [0.1, 0.15) is 55.4 Å². The molecule has 1 aliphatic rings. The van der Waals surface area contributed by atoms with Crippen LogP contribution in [0.25, 0.3) is 0 Å². The number of ether oxygens (including phenoxy) is 2. The normalized spacial score (nSPS) is 17.7. The largest absolute Gasteiger partial charge is 0.486 e. The molecular weight excluding hydrogens is 416 g/mol. The Kier molecular flexibility index (Phi) is 24.6. The number of amides is 1. The van der Waals surface area contributed by atoms with Crippen molar-refractivity contribution in [3.05, 3.63) is 84.4 Å². The molecule has 0 aliphatic carbocycles. The molecule has 0 aromatic carbocycles. The maximum atomic E-state index is 12.2. The molecule has 0 radical (unpaired) electrons. The Bertz CT molecular complexity index is 728. The number of nitrogens with two attached hydrogens (primary N) is 1. The summed E-state index contributed by atoms with van der Waals surface area (Å²) in [6, 6.07) is 0. The van der Waals surface area contributed by atoms with Gasteiger partial charge in [0.25, 0.3) is 5.91 Å². The van der Waals surface area contributed by atoms with Crippen LogP contribution in [0.5, 0.6) is 0 Å². The maximum absolute atomic E-state index is 12.2. The van der Waals surface area contributed by atoms with Crippen LogP contribution in [0.15, 0.2) is 84.4 Å². The lowest BCUT2D eigenvalue weighted by Crippen LogP contribution is -2.46. The van der Waals surface area contributed by atoms with Gasteiger partial charge in [-0.1, -0.05) is 77.3 Å². The number of hydrazine groups is 1. The molecule has 1 rings (SSSR count). The van der Waals surface area contributed by atoms with Crippen molar-refractivity contribution in [1.82, 2.24) is 5.01 Å². The summed E-state index contributed by atoms with van der Waals surface area (Å²) in [6.45, 7) is 22.5. The van der Waals surface area contributed by atoms with Crippen molar-refractivity contribution in [3.63, 3.8) is 0 Å². The number of hydrogen-bond donors (Lipinski definition) is 1. The molecule has 6 nitrogen and oxygen atoms in total. The zero-order valence-electron chi connectivity index (χ0n) is 21.8. The first-order valence-corrected chi connectivity index (χ1v) is 11.2. The number of carbonyl (C=O) groups is 2. The first-order chi connectivity index (χ1) is 15.9. The molecule has 1 fully saturated rings. The van der Waals surface area contributed by atoms with Gasteiger partial charge in [0.05, 0.1) is 6.54 Å². The van der Waals surface area contributed by atoms with Crippen molar-refractivity contribution in [3.8, 4) is 0 Å². The van der Waals surface area contributed by atoms with E-state index in [4.69, 9.17) is 15.3 Å². The van der Waals surface area contributed by atoms with E-state index in [0.29, 0.717) is 29.0 Å². The Hall–Kier alpha value is -3.12. The fourth-order valence-corrected chi connectivity index (χ4v) is 2.07.